The van der Waals surface area contributed by atoms with Gasteiger partial charge in [0.25, 0.3) is 0 Å². The van der Waals surface area contributed by atoms with Crippen LogP contribution < -0.4 is 5.32 Å². The highest BCUT2D eigenvalue weighted by Crippen LogP contribution is 2.22. The van der Waals surface area contributed by atoms with E-state index in [2.05, 4.69) is 60.8 Å². The van der Waals surface area contributed by atoms with Crippen molar-refractivity contribution in [2.75, 3.05) is 6.61 Å². The molecule has 1 atom stereocenters. The van der Waals surface area contributed by atoms with Crippen molar-refractivity contribution in [3.05, 3.63) is 71.8 Å². The van der Waals surface area contributed by atoms with E-state index in [4.69, 9.17) is 5.11 Å². The summed E-state index contributed by atoms with van der Waals surface area (Å²) in [5, 5.41) is 12.6. The molecule has 0 spiro atoms. The van der Waals surface area contributed by atoms with E-state index >= 15 is 0 Å². The maximum absolute atomic E-state index is 9.05. The Morgan fingerprint density at radius 2 is 1.37 bits per heavy atom. The van der Waals surface area contributed by atoms with E-state index in [1.54, 1.807) is 0 Å². The molecule has 0 aliphatic rings. The molecule has 0 unspecified atom stereocenters. The van der Waals surface area contributed by atoms with Gasteiger partial charge in [-0.15, -0.1) is 0 Å². The molecule has 0 heterocycles. The Morgan fingerprint density at radius 1 is 0.895 bits per heavy atom. The summed E-state index contributed by atoms with van der Waals surface area (Å²) >= 11 is 0. The van der Waals surface area contributed by atoms with Crippen LogP contribution in [0.25, 0.3) is 0 Å². The highest BCUT2D eigenvalue weighted by Gasteiger charge is 2.15. The van der Waals surface area contributed by atoms with Crippen LogP contribution in [0.4, 0.5) is 0 Å². The molecule has 0 saturated heterocycles. The minimum atomic E-state index is 0.170. The molecule has 19 heavy (non-hydrogen) atoms. The third-order valence-corrected chi connectivity index (χ3v) is 3.28. The summed E-state index contributed by atoms with van der Waals surface area (Å²) in [4.78, 5) is 0. The molecule has 2 aromatic rings. The van der Waals surface area contributed by atoms with Crippen molar-refractivity contribution < 1.29 is 5.11 Å². The van der Waals surface area contributed by atoms with Crippen LogP contribution in [0.3, 0.4) is 0 Å². The average molecular weight is 255 g/mol. The Labute approximate surface area is 115 Å². The van der Waals surface area contributed by atoms with Gasteiger partial charge < -0.3 is 10.4 Å². The first-order valence-corrected chi connectivity index (χ1v) is 6.78. The molecule has 0 saturated carbocycles. The standard InChI is InChI=1S/C17H21NO/c1-14(12-13-19)18-17(15-8-4-2-5-9-15)16-10-6-3-7-11-16/h2-11,14,17-19H,12-13H2,1H3/t14-/m0/s1. The van der Waals surface area contributed by atoms with E-state index in [0.717, 1.165) is 6.42 Å². The lowest BCUT2D eigenvalue weighted by Crippen LogP contribution is -2.32. The summed E-state index contributed by atoms with van der Waals surface area (Å²) in [5.74, 6) is 0. The Hall–Kier alpha value is -1.64. The van der Waals surface area contributed by atoms with Crippen LogP contribution in [0.15, 0.2) is 60.7 Å². The molecule has 2 aromatic carbocycles. The highest BCUT2D eigenvalue weighted by molar-refractivity contribution is 5.31. The van der Waals surface area contributed by atoms with Gasteiger partial charge in [-0.3, -0.25) is 0 Å². The maximum Gasteiger partial charge on any atom is 0.0578 e. The van der Waals surface area contributed by atoms with Crippen molar-refractivity contribution in [3.8, 4) is 0 Å². The van der Waals surface area contributed by atoms with Gasteiger partial charge in [0, 0.05) is 12.6 Å². The third-order valence-electron chi connectivity index (χ3n) is 3.28. The van der Waals surface area contributed by atoms with Gasteiger partial charge in [0.2, 0.25) is 0 Å². The number of rotatable bonds is 6. The van der Waals surface area contributed by atoms with E-state index in [0.29, 0.717) is 0 Å². The first-order chi connectivity index (χ1) is 9.31. The molecule has 0 amide bonds. The average Bonchev–Trinajstić information content (AvgIpc) is 2.47. The van der Waals surface area contributed by atoms with Crippen LogP contribution >= 0.6 is 0 Å². The molecule has 0 aromatic heterocycles. The molecule has 100 valence electrons. The zero-order valence-electron chi connectivity index (χ0n) is 11.3. The predicted molar refractivity (Wildman–Crippen MR) is 79.0 cm³/mol. The van der Waals surface area contributed by atoms with Crippen LogP contribution in [0.1, 0.15) is 30.5 Å². The molecule has 0 radical (unpaired) electrons. The Balaban J connectivity index is 2.24. The zero-order chi connectivity index (χ0) is 13.5. The predicted octanol–water partition coefficient (Wildman–Crippen LogP) is 3.14. The molecular formula is C17H21NO. The van der Waals surface area contributed by atoms with Crippen LogP contribution in [-0.4, -0.2) is 17.8 Å². The number of benzene rings is 2. The van der Waals surface area contributed by atoms with Gasteiger partial charge in [-0.05, 0) is 24.5 Å². The summed E-state index contributed by atoms with van der Waals surface area (Å²) in [6, 6.07) is 21.3. The minimum Gasteiger partial charge on any atom is -0.396 e. The molecule has 0 aliphatic heterocycles. The molecule has 2 heteroatoms. The van der Waals surface area contributed by atoms with E-state index in [1.807, 2.05) is 12.1 Å². The highest BCUT2D eigenvalue weighted by atomic mass is 16.3. The molecule has 2 N–H and O–H groups in total. The monoisotopic (exact) mass is 255 g/mol. The lowest BCUT2D eigenvalue weighted by Gasteiger charge is -2.24. The van der Waals surface area contributed by atoms with Gasteiger partial charge in [0.15, 0.2) is 0 Å². The van der Waals surface area contributed by atoms with Crippen LogP contribution in [0, 0.1) is 0 Å². The number of hydrogen-bond acceptors (Lipinski definition) is 2. The van der Waals surface area contributed by atoms with E-state index < -0.39 is 0 Å². The SMILES string of the molecule is C[C@@H](CCO)NC(c1ccccc1)c1ccccc1. The van der Waals surface area contributed by atoms with Gasteiger partial charge in [0.1, 0.15) is 0 Å². The summed E-state index contributed by atoms with van der Waals surface area (Å²) < 4.78 is 0. The van der Waals surface area contributed by atoms with Gasteiger partial charge in [-0.2, -0.15) is 0 Å². The Bertz CT molecular complexity index is 430. The normalized spacial score (nSPS) is 12.6. The van der Waals surface area contributed by atoms with Crippen LogP contribution in [-0.2, 0) is 0 Å². The molecule has 0 aliphatic carbocycles. The zero-order valence-corrected chi connectivity index (χ0v) is 11.3. The van der Waals surface area contributed by atoms with Crippen molar-refractivity contribution >= 4 is 0 Å². The summed E-state index contributed by atoms with van der Waals surface area (Å²) in [7, 11) is 0. The molecule has 2 nitrogen and oxygen atoms in total. The summed E-state index contributed by atoms with van der Waals surface area (Å²) in [6.07, 6.45) is 0.760. The van der Waals surface area contributed by atoms with Crippen molar-refractivity contribution in [2.45, 2.75) is 25.4 Å². The van der Waals surface area contributed by atoms with E-state index in [-0.39, 0.29) is 18.7 Å². The van der Waals surface area contributed by atoms with Crippen molar-refractivity contribution in [1.82, 2.24) is 5.32 Å². The van der Waals surface area contributed by atoms with Gasteiger partial charge in [0.05, 0.1) is 6.04 Å². The first-order valence-electron chi connectivity index (χ1n) is 6.78. The molecule has 2 rings (SSSR count). The van der Waals surface area contributed by atoms with Crippen molar-refractivity contribution in [3.63, 3.8) is 0 Å². The van der Waals surface area contributed by atoms with Gasteiger partial charge >= 0.3 is 0 Å². The lowest BCUT2D eigenvalue weighted by atomic mass is 9.97. The second kappa shape index (κ2) is 7.07. The first kappa shape index (κ1) is 13.8. The van der Waals surface area contributed by atoms with E-state index in [9.17, 15) is 0 Å². The van der Waals surface area contributed by atoms with Crippen LogP contribution in [0.5, 0.6) is 0 Å². The topological polar surface area (TPSA) is 32.3 Å². The second-order valence-corrected chi connectivity index (χ2v) is 4.83. The smallest absolute Gasteiger partial charge is 0.0578 e. The van der Waals surface area contributed by atoms with Crippen molar-refractivity contribution in [1.29, 1.82) is 0 Å². The fourth-order valence-electron chi connectivity index (χ4n) is 2.24. The van der Waals surface area contributed by atoms with Crippen molar-refractivity contribution in [2.24, 2.45) is 0 Å². The van der Waals surface area contributed by atoms with Crippen LogP contribution in [0.2, 0.25) is 0 Å². The maximum atomic E-state index is 9.05. The van der Waals surface area contributed by atoms with Gasteiger partial charge in [-0.1, -0.05) is 60.7 Å². The summed E-state index contributed by atoms with van der Waals surface area (Å²) in [6.45, 7) is 2.32. The fourth-order valence-corrected chi connectivity index (χ4v) is 2.24. The molecule has 0 bridgehead atoms. The minimum absolute atomic E-state index is 0.170. The van der Waals surface area contributed by atoms with Gasteiger partial charge in [-0.25, -0.2) is 0 Å². The largest absolute Gasteiger partial charge is 0.396 e. The molecular weight excluding hydrogens is 234 g/mol. The lowest BCUT2D eigenvalue weighted by molar-refractivity contribution is 0.266. The second-order valence-electron chi connectivity index (χ2n) is 4.83. The van der Waals surface area contributed by atoms with E-state index in [1.165, 1.54) is 11.1 Å². The fraction of sp³-hybridized carbons (Fsp3) is 0.294. The summed E-state index contributed by atoms with van der Waals surface area (Å²) in [5.41, 5.74) is 2.50. The number of nitrogens with one attached hydrogen (secondary N) is 1. The quantitative estimate of drug-likeness (QED) is 0.831. The number of aliphatic hydroxyl groups is 1. The number of aliphatic hydroxyl groups excluding tert-OH is 1. The third kappa shape index (κ3) is 3.91. The number of hydrogen-bond donors (Lipinski definition) is 2. The Kier molecular flexibility index (Phi) is 5.13. The molecule has 0 fully saturated rings. The Morgan fingerprint density at radius 3 is 1.79 bits per heavy atom.